The number of nitrogens with zero attached hydrogens (tertiary/aromatic N) is 4. The lowest BCUT2D eigenvalue weighted by Crippen LogP contribution is -2.38. The first kappa shape index (κ1) is 18.4. The monoisotopic (exact) mass is 366 g/mol. The van der Waals surface area contributed by atoms with Crippen LogP contribution in [0.4, 0.5) is 4.79 Å². The Morgan fingerprint density at radius 1 is 1.04 bits per heavy atom. The topological polar surface area (TPSA) is 94.0 Å². The molecule has 2 heterocycles. The van der Waals surface area contributed by atoms with Gasteiger partial charge >= 0.3 is 6.03 Å². The Morgan fingerprint density at radius 3 is 2.52 bits per heavy atom. The van der Waals surface area contributed by atoms with Crippen LogP contribution in [0, 0.1) is 0 Å². The van der Waals surface area contributed by atoms with Crippen molar-refractivity contribution >= 4 is 6.03 Å². The summed E-state index contributed by atoms with van der Waals surface area (Å²) in [7, 11) is 1.64. The number of carbonyl (C=O) groups is 1. The number of rotatable bonds is 8. The second kappa shape index (κ2) is 9.33. The van der Waals surface area contributed by atoms with E-state index < -0.39 is 0 Å². The third-order valence-corrected chi connectivity index (χ3v) is 3.98. The summed E-state index contributed by atoms with van der Waals surface area (Å²) in [5, 5.41) is 5.70. The van der Waals surface area contributed by atoms with Gasteiger partial charge in [-0.15, -0.1) is 0 Å². The van der Waals surface area contributed by atoms with Gasteiger partial charge in [0, 0.05) is 44.4 Å². The van der Waals surface area contributed by atoms with Crippen LogP contribution in [0.5, 0.6) is 5.75 Å². The van der Waals surface area contributed by atoms with Crippen molar-refractivity contribution in [3.8, 4) is 17.4 Å². The number of nitrogens with one attached hydrogen (secondary N) is 2. The van der Waals surface area contributed by atoms with Crippen LogP contribution >= 0.6 is 0 Å². The zero-order valence-corrected chi connectivity index (χ0v) is 15.1. The van der Waals surface area contributed by atoms with Gasteiger partial charge in [0.25, 0.3) is 0 Å². The van der Waals surface area contributed by atoms with Gasteiger partial charge in [-0.25, -0.2) is 19.7 Å². The fourth-order valence-corrected chi connectivity index (χ4v) is 2.58. The number of carbonyl (C=O) groups excluding carboxylic acids is 1. The lowest BCUT2D eigenvalue weighted by atomic mass is 10.1. The number of hydrogen-bond acceptors (Lipinski definition) is 5. The summed E-state index contributed by atoms with van der Waals surface area (Å²) in [6, 6.07) is 9.37. The Hall–Kier alpha value is -3.42. The molecule has 0 bridgehead atoms. The van der Waals surface area contributed by atoms with Crippen molar-refractivity contribution in [2.75, 3.05) is 20.2 Å². The van der Waals surface area contributed by atoms with Gasteiger partial charge in [-0.05, 0) is 30.2 Å². The molecule has 0 saturated heterocycles. The number of amides is 2. The summed E-state index contributed by atoms with van der Waals surface area (Å²) in [4.78, 5) is 24.6. The molecule has 27 heavy (non-hydrogen) atoms. The maximum Gasteiger partial charge on any atom is 0.314 e. The van der Waals surface area contributed by atoms with Crippen molar-refractivity contribution in [1.29, 1.82) is 0 Å². The molecule has 2 amide bonds. The highest BCUT2D eigenvalue weighted by atomic mass is 16.5. The lowest BCUT2D eigenvalue weighted by molar-refractivity contribution is 0.240. The number of aromatic nitrogens is 4. The Bertz CT molecular complexity index is 848. The van der Waals surface area contributed by atoms with E-state index in [2.05, 4.69) is 25.6 Å². The van der Waals surface area contributed by atoms with Crippen LogP contribution in [0.2, 0.25) is 0 Å². The Morgan fingerprint density at radius 2 is 1.78 bits per heavy atom. The number of imidazole rings is 1. The van der Waals surface area contributed by atoms with Crippen molar-refractivity contribution < 1.29 is 9.53 Å². The molecule has 1 aromatic carbocycles. The van der Waals surface area contributed by atoms with Crippen LogP contribution in [0.15, 0.2) is 55.1 Å². The molecule has 0 atom stereocenters. The maximum atomic E-state index is 11.9. The second-order valence-corrected chi connectivity index (χ2v) is 5.80. The van der Waals surface area contributed by atoms with E-state index >= 15 is 0 Å². The average Bonchev–Trinajstić information content (AvgIpc) is 3.18. The highest BCUT2D eigenvalue weighted by Crippen LogP contribution is 2.11. The van der Waals surface area contributed by atoms with Gasteiger partial charge in [-0.1, -0.05) is 12.1 Å². The lowest BCUT2D eigenvalue weighted by Gasteiger charge is -2.10. The summed E-state index contributed by atoms with van der Waals surface area (Å²) >= 11 is 0. The number of methoxy groups -OCH3 is 1. The first-order chi connectivity index (χ1) is 13.3. The Balaban J connectivity index is 1.39. The van der Waals surface area contributed by atoms with Crippen LogP contribution < -0.4 is 15.4 Å². The van der Waals surface area contributed by atoms with Gasteiger partial charge < -0.3 is 19.9 Å². The van der Waals surface area contributed by atoms with Crippen LogP contribution in [-0.4, -0.2) is 45.7 Å². The number of ether oxygens (including phenoxy) is 1. The normalized spacial score (nSPS) is 10.4. The van der Waals surface area contributed by atoms with E-state index in [1.807, 2.05) is 35.0 Å². The minimum Gasteiger partial charge on any atom is -0.497 e. The second-order valence-electron chi connectivity index (χ2n) is 5.80. The molecular weight excluding hydrogens is 344 g/mol. The van der Waals surface area contributed by atoms with Crippen molar-refractivity contribution in [3.63, 3.8) is 0 Å². The van der Waals surface area contributed by atoms with Gasteiger partial charge in [-0.2, -0.15) is 0 Å². The quantitative estimate of drug-likeness (QED) is 0.635. The SMILES string of the molecule is COc1ccc(CCNC(=O)NCCn2ccnc2-c2ncccn2)cc1. The number of benzene rings is 1. The maximum absolute atomic E-state index is 11.9. The first-order valence-corrected chi connectivity index (χ1v) is 8.69. The van der Waals surface area contributed by atoms with Crippen LogP contribution in [0.25, 0.3) is 11.6 Å². The molecule has 0 aliphatic rings. The standard InChI is InChI=1S/C19H22N6O2/c1-27-16-5-3-15(4-6-16)7-10-23-19(26)24-12-14-25-13-11-22-18(25)17-20-8-2-9-21-17/h2-6,8-9,11,13H,7,10,12,14H2,1H3,(H2,23,24,26). The molecule has 0 radical (unpaired) electrons. The van der Waals surface area contributed by atoms with E-state index in [1.54, 1.807) is 31.8 Å². The van der Waals surface area contributed by atoms with Crippen LogP contribution in [-0.2, 0) is 13.0 Å². The van der Waals surface area contributed by atoms with Crippen molar-refractivity contribution in [2.24, 2.45) is 0 Å². The minimum atomic E-state index is -0.193. The summed E-state index contributed by atoms with van der Waals surface area (Å²) in [6.45, 7) is 1.62. The molecular formula is C19H22N6O2. The summed E-state index contributed by atoms with van der Waals surface area (Å²) in [5.74, 6) is 2.06. The summed E-state index contributed by atoms with van der Waals surface area (Å²) in [6.07, 6.45) is 7.65. The van der Waals surface area contributed by atoms with Gasteiger partial charge in [0.15, 0.2) is 11.6 Å². The molecule has 0 aliphatic carbocycles. The first-order valence-electron chi connectivity index (χ1n) is 8.69. The zero-order valence-electron chi connectivity index (χ0n) is 15.1. The summed E-state index contributed by atoms with van der Waals surface area (Å²) < 4.78 is 7.04. The summed E-state index contributed by atoms with van der Waals surface area (Å²) in [5.41, 5.74) is 1.14. The highest BCUT2D eigenvalue weighted by molar-refractivity contribution is 5.73. The van der Waals surface area contributed by atoms with Crippen LogP contribution in [0.1, 0.15) is 5.56 Å². The number of urea groups is 1. The molecule has 0 saturated carbocycles. The van der Waals surface area contributed by atoms with Gasteiger partial charge in [0.05, 0.1) is 7.11 Å². The Kier molecular flexibility index (Phi) is 6.35. The molecule has 0 fully saturated rings. The molecule has 3 rings (SSSR count). The van der Waals surface area contributed by atoms with Crippen molar-refractivity contribution in [2.45, 2.75) is 13.0 Å². The van der Waals surface area contributed by atoms with E-state index in [0.29, 0.717) is 31.3 Å². The third-order valence-electron chi connectivity index (χ3n) is 3.98. The number of hydrogen-bond donors (Lipinski definition) is 2. The third kappa shape index (κ3) is 5.27. The molecule has 3 aromatic rings. The van der Waals surface area contributed by atoms with Crippen molar-refractivity contribution in [3.05, 3.63) is 60.7 Å². The largest absolute Gasteiger partial charge is 0.497 e. The van der Waals surface area contributed by atoms with E-state index in [-0.39, 0.29) is 6.03 Å². The van der Waals surface area contributed by atoms with Gasteiger partial charge in [0.1, 0.15) is 5.75 Å². The molecule has 2 aromatic heterocycles. The molecule has 0 spiro atoms. The van der Waals surface area contributed by atoms with E-state index in [9.17, 15) is 4.79 Å². The fraction of sp³-hybridized carbons (Fsp3) is 0.263. The molecule has 8 heteroatoms. The molecule has 2 N–H and O–H groups in total. The van der Waals surface area contributed by atoms with Gasteiger partial charge in [0.2, 0.25) is 0 Å². The van der Waals surface area contributed by atoms with Crippen LogP contribution in [0.3, 0.4) is 0 Å². The van der Waals surface area contributed by atoms with E-state index in [1.165, 1.54) is 0 Å². The molecule has 8 nitrogen and oxygen atoms in total. The fourth-order valence-electron chi connectivity index (χ4n) is 2.58. The highest BCUT2D eigenvalue weighted by Gasteiger charge is 2.08. The van der Waals surface area contributed by atoms with Gasteiger partial charge in [-0.3, -0.25) is 0 Å². The predicted molar refractivity (Wildman–Crippen MR) is 101 cm³/mol. The molecule has 0 unspecified atom stereocenters. The Labute approximate surface area is 157 Å². The van der Waals surface area contributed by atoms with E-state index in [4.69, 9.17) is 4.74 Å². The predicted octanol–water partition coefficient (Wildman–Crippen LogP) is 1.89. The van der Waals surface area contributed by atoms with E-state index in [0.717, 1.165) is 17.7 Å². The zero-order chi connectivity index (χ0) is 18.9. The average molecular weight is 366 g/mol. The molecule has 140 valence electrons. The smallest absolute Gasteiger partial charge is 0.314 e. The molecule has 0 aliphatic heterocycles. The minimum absolute atomic E-state index is 0.193. The van der Waals surface area contributed by atoms with Crippen molar-refractivity contribution in [1.82, 2.24) is 30.2 Å².